The largest absolute Gasteiger partial charge is 0.354 e. The quantitative estimate of drug-likeness (QED) is 0.854. The highest BCUT2D eigenvalue weighted by Gasteiger charge is 2.05. The van der Waals surface area contributed by atoms with E-state index < -0.39 is 0 Å². The molecule has 0 saturated carbocycles. The fraction of sp³-hybridized carbons (Fsp3) is 0.133. The van der Waals surface area contributed by atoms with Crippen molar-refractivity contribution in [2.45, 2.75) is 13.8 Å². The van der Waals surface area contributed by atoms with Crippen LogP contribution < -0.4 is 5.32 Å². The van der Waals surface area contributed by atoms with Crippen molar-refractivity contribution in [3.8, 4) is 6.07 Å². The van der Waals surface area contributed by atoms with Gasteiger partial charge >= 0.3 is 0 Å². The molecule has 2 aromatic rings. The third-order valence-electron chi connectivity index (χ3n) is 2.75. The molecule has 1 N–H and O–H groups in total. The van der Waals surface area contributed by atoms with E-state index in [1.54, 1.807) is 0 Å². The lowest BCUT2D eigenvalue weighted by Crippen LogP contribution is -1.96. The molecule has 3 heteroatoms. The van der Waals surface area contributed by atoms with Gasteiger partial charge in [0.25, 0.3) is 0 Å². The van der Waals surface area contributed by atoms with Crippen LogP contribution in [0.5, 0.6) is 0 Å². The second-order valence-corrected chi connectivity index (χ2v) is 4.68. The van der Waals surface area contributed by atoms with Crippen molar-refractivity contribution in [2.75, 3.05) is 5.32 Å². The molecule has 0 radical (unpaired) electrons. The van der Waals surface area contributed by atoms with E-state index in [4.69, 9.17) is 16.9 Å². The average Bonchev–Trinajstić information content (AvgIpc) is 2.33. The molecule has 0 aliphatic carbocycles. The maximum atomic E-state index is 9.09. The predicted molar refractivity (Wildman–Crippen MR) is 75.4 cm³/mol. The molecule has 90 valence electrons. The standard InChI is InChI=1S/C15H13ClN2/c1-10-3-4-12(9-17)15(7-10)18-14-6-5-13(16)8-11(14)2/h3-8,18H,1-2H3. The minimum absolute atomic E-state index is 0.634. The number of anilines is 2. The van der Waals surface area contributed by atoms with E-state index in [2.05, 4.69) is 11.4 Å². The van der Waals surface area contributed by atoms with Crippen LogP contribution in [-0.4, -0.2) is 0 Å². The SMILES string of the molecule is Cc1ccc(C#N)c(Nc2ccc(Cl)cc2C)c1. The van der Waals surface area contributed by atoms with Gasteiger partial charge in [0, 0.05) is 10.7 Å². The van der Waals surface area contributed by atoms with Crippen LogP contribution in [0, 0.1) is 25.2 Å². The smallest absolute Gasteiger partial charge is 0.101 e. The van der Waals surface area contributed by atoms with Gasteiger partial charge in [0.2, 0.25) is 0 Å². The Bertz CT molecular complexity index is 627. The summed E-state index contributed by atoms with van der Waals surface area (Å²) in [6.07, 6.45) is 0. The molecule has 0 bridgehead atoms. The van der Waals surface area contributed by atoms with Gasteiger partial charge in [0.1, 0.15) is 6.07 Å². The molecule has 18 heavy (non-hydrogen) atoms. The van der Waals surface area contributed by atoms with Crippen molar-refractivity contribution in [3.63, 3.8) is 0 Å². The van der Waals surface area contributed by atoms with Crippen molar-refractivity contribution >= 4 is 23.0 Å². The van der Waals surface area contributed by atoms with E-state index in [0.717, 1.165) is 22.5 Å². The molecule has 0 aliphatic heterocycles. The Morgan fingerprint density at radius 3 is 2.50 bits per heavy atom. The van der Waals surface area contributed by atoms with Gasteiger partial charge in [-0.1, -0.05) is 17.7 Å². The van der Waals surface area contributed by atoms with Gasteiger partial charge in [0.15, 0.2) is 0 Å². The molecule has 0 spiro atoms. The Balaban J connectivity index is 2.40. The molecule has 0 aliphatic rings. The van der Waals surface area contributed by atoms with E-state index in [1.807, 2.05) is 50.2 Å². The van der Waals surface area contributed by atoms with Crippen LogP contribution in [0.1, 0.15) is 16.7 Å². The fourth-order valence-corrected chi connectivity index (χ4v) is 2.00. The molecule has 0 heterocycles. The highest BCUT2D eigenvalue weighted by molar-refractivity contribution is 6.30. The minimum Gasteiger partial charge on any atom is -0.354 e. The zero-order valence-electron chi connectivity index (χ0n) is 10.3. The number of nitrogens with zero attached hydrogens (tertiary/aromatic N) is 1. The third kappa shape index (κ3) is 2.64. The average molecular weight is 257 g/mol. The van der Waals surface area contributed by atoms with Gasteiger partial charge in [0.05, 0.1) is 11.3 Å². The Labute approximate surface area is 112 Å². The maximum absolute atomic E-state index is 9.09. The first kappa shape index (κ1) is 12.5. The molecule has 0 unspecified atom stereocenters. The van der Waals surface area contributed by atoms with Crippen molar-refractivity contribution in [3.05, 3.63) is 58.1 Å². The van der Waals surface area contributed by atoms with Gasteiger partial charge < -0.3 is 5.32 Å². The van der Waals surface area contributed by atoms with E-state index in [0.29, 0.717) is 10.6 Å². The lowest BCUT2D eigenvalue weighted by Gasteiger charge is -2.11. The zero-order valence-corrected chi connectivity index (χ0v) is 11.0. The summed E-state index contributed by atoms with van der Waals surface area (Å²) in [5, 5.41) is 13.1. The Morgan fingerprint density at radius 2 is 1.83 bits per heavy atom. The molecule has 2 rings (SSSR count). The number of nitrogens with one attached hydrogen (secondary N) is 1. The minimum atomic E-state index is 0.634. The molecule has 0 atom stereocenters. The summed E-state index contributed by atoms with van der Waals surface area (Å²) in [5.41, 5.74) is 4.58. The van der Waals surface area contributed by atoms with Crippen LogP contribution in [0.4, 0.5) is 11.4 Å². The summed E-state index contributed by atoms with van der Waals surface area (Å²) in [6, 6.07) is 13.5. The topological polar surface area (TPSA) is 35.8 Å². The van der Waals surface area contributed by atoms with Crippen molar-refractivity contribution in [2.24, 2.45) is 0 Å². The van der Waals surface area contributed by atoms with Crippen LogP contribution in [0.25, 0.3) is 0 Å². The van der Waals surface area contributed by atoms with Gasteiger partial charge in [-0.25, -0.2) is 0 Å². The van der Waals surface area contributed by atoms with E-state index in [-0.39, 0.29) is 0 Å². The molecule has 0 saturated heterocycles. The molecule has 0 aromatic heterocycles. The molecular weight excluding hydrogens is 244 g/mol. The number of halogens is 1. The zero-order chi connectivity index (χ0) is 13.1. The first-order valence-electron chi connectivity index (χ1n) is 5.64. The van der Waals surface area contributed by atoms with Crippen LogP contribution in [0.3, 0.4) is 0 Å². The van der Waals surface area contributed by atoms with Gasteiger partial charge in [-0.2, -0.15) is 5.26 Å². The monoisotopic (exact) mass is 256 g/mol. The molecular formula is C15H13ClN2. The summed E-state index contributed by atoms with van der Waals surface area (Å²) in [4.78, 5) is 0. The van der Waals surface area contributed by atoms with Crippen LogP contribution >= 0.6 is 11.6 Å². The van der Waals surface area contributed by atoms with Crippen molar-refractivity contribution in [1.82, 2.24) is 0 Å². The lowest BCUT2D eigenvalue weighted by molar-refractivity contribution is 1.38. The van der Waals surface area contributed by atoms with Crippen LogP contribution in [-0.2, 0) is 0 Å². The summed E-state index contributed by atoms with van der Waals surface area (Å²) in [5.74, 6) is 0. The van der Waals surface area contributed by atoms with Crippen LogP contribution in [0.2, 0.25) is 5.02 Å². The number of hydrogen-bond donors (Lipinski definition) is 1. The third-order valence-corrected chi connectivity index (χ3v) is 2.99. The number of aryl methyl sites for hydroxylation is 2. The number of nitriles is 1. The van der Waals surface area contributed by atoms with E-state index >= 15 is 0 Å². The molecule has 2 nitrogen and oxygen atoms in total. The summed E-state index contributed by atoms with van der Waals surface area (Å²) in [7, 11) is 0. The second kappa shape index (κ2) is 5.12. The molecule has 0 amide bonds. The Kier molecular flexibility index (Phi) is 3.55. The number of rotatable bonds is 2. The highest BCUT2D eigenvalue weighted by atomic mass is 35.5. The van der Waals surface area contributed by atoms with Gasteiger partial charge in [-0.3, -0.25) is 0 Å². The molecule has 2 aromatic carbocycles. The molecule has 0 fully saturated rings. The normalized spacial score (nSPS) is 9.89. The first-order valence-corrected chi connectivity index (χ1v) is 6.02. The van der Waals surface area contributed by atoms with Crippen molar-refractivity contribution in [1.29, 1.82) is 5.26 Å². The predicted octanol–water partition coefficient (Wildman–Crippen LogP) is 4.57. The van der Waals surface area contributed by atoms with E-state index in [9.17, 15) is 0 Å². The summed E-state index contributed by atoms with van der Waals surface area (Å²) in [6.45, 7) is 3.98. The number of hydrogen-bond acceptors (Lipinski definition) is 2. The fourth-order valence-electron chi connectivity index (χ4n) is 1.77. The van der Waals surface area contributed by atoms with Crippen LogP contribution in [0.15, 0.2) is 36.4 Å². The maximum Gasteiger partial charge on any atom is 0.101 e. The second-order valence-electron chi connectivity index (χ2n) is 4.25. The lowest BCUT2D eigenvalue weighted by atomic mass is 10.1. The Morgan fingerprint density at radius 1 is 1.06 bits per heavy atom. The van der Waals surface area contributed by atoms with Gasteiger partial charge in [-0.05, 0) is 55.3 Å². The first-order chi connectivity index (χ1) is 8.60. The number of benzene rings is 2. The Hall–Kier alpha value is -1.98. The summed E-state index contributed by atoms with van der Waals surface area (Å²) >= 11 is 5.92. The highest BCUT2D eigenvalue weighted by Crippen LogP contribution is 2.26. The van der Waals surface area contributed by atoms with Crippen molar-refractivity contribution < 1.29 is 0 Å². The van der Waals surface area contributed by atoms with Gasteiger partial charge in [-0.15, -0.1) is 0 Å². The van der Waals surface area contributed by atoms with E-state index in [1.165, 1.54) is 0 Å². The summed E-state index contributed by atoms with van der Waals surface area (Å²) < 4.78 is 0.